The summed E-state index contributed by atoms with van der Waals surface area (Å²) in [6, 6.07) is 7.76. The Bertz CT molecular complexity index is 448. The molecule has 2 rings (SSSR count). The standard InChI is InChI=1S/C15H22N2O2/c1-11-4-3-5-13(8-11)16-15(19)10-17-7-6-12(2)14(18)9-17/h3-5,8,12,14,18H,6-7,9-10H2,1-2H3,(H,16,19). The molecule has 1 aromatic rings. The molecule has 2 unspecified atom stereocenters. The highest BCUT2D eigenvalue weighted by Crippen LogP contribution is 2.17. The molecule has 1 heterocycles. The maximum Gasteiger partial charge on any atom is 0.238 e. The number of benzene rings is 1. The third-order valence-corrected chi connectivity index (χ3v) is 3.67. The van der Waals surface area contributed by atoms with Crippen molar-refractivity contribution in [1.82, 2.24) is 4.90 Å². The van der Waals surface area contributed by atoms with Gasteiger partial charge in [-0.1, -0.05) is 19.1 Å². The van der Waals surface area contributed by atoms with Crippen LogP contribution in [0.2, 0.25) is 0 Å². The van der Waals surface area contributed by atoms with Gasteiger partial charge in [-0.05, 0) is 43.5 Å². The molecule has 0 bridgehead atoms. The molecule has 19 heavy (non-hydrogen) atoms. The van der Waals surface area contributed by atoms with Crippen molar-refractivity contribution < 1.29 is 9.90 Å². The predicted molar refractivity (Wildman–Crippen MR) is 76.0 cm³/mol. The van der Waals surface area contributed by atoms with Gasteiger partial charge >= 0.3 is 0 Å². The summed E-state index contributed by atoms with van der Waals surface area (Å²) in [5.74, 6) is 0.309. The molecular weight excluding hydrogens is 240 g/mol. The van der Waals surface area contributed by atoms with Gasteiger partial charge in [0.25, 0.3) is 0 Å². The van der Waals surface area contributed by atoms with Gasteiger partial charge in [0.05, 0.1) is 12.6 Å². The molecule has 0 radical (unpaired) electrons. The second kappa shape index (κ2) is 6.17. The summed E-state index contributed by atoms with van der Waals surface area (Å²) in [4.78, 5) is 14.0. The van der Waals surface area contributed by atoms with Gasteiger partial charge in [0.15, 0.2) is 0 Å². The fourth-order valence-corrected chi connectivity index (χ4v) is 2.38. The van der Waals surface area contributed by atoms with E-state index in [9.17, 15) is 9.90 Å². The number of rotatable bonds is 3. The first kappa shape index (κ1) is 14.0. The number of nitrogens with zero attached hydrogens (tertiary/aromatic N) is 1. The van der Waals surface area contributed by atoms with Crippen LogP contribution in [-0.4, -0.2) is 41.7 Å². The number of anilines is 1. The number of hydrogen-bond acceptors (Lipinski definition) is 3. The minimum Gasteiger partial charge on any atom is -0.392 e. The van der Waals surface area contributed by atoms with Crippen LogP contribution < -0.4 is 5.32 Å². The zero-order valence-corrected chi connectivity index (χ0v) is 11.6. The molecule has 0 saturated carbocycles. The molecule has 0 spiro atoms. The lowest BCUT2D eigenvalue weighted by molar-refractivity contribution is -0.118. The quantitative estimate of drug-likeness (QED) is 0.870. The first-order valence-electron chi connectivity index (χ1n) is 6.81. The van der Waals surface area contributed by atoms with Crippen LogP contribution in [0, 0.1) is 12.8 Å². The first-order chi connectivity index (χ1) is 9.04. The second-order valence-corrected chi connectivity index (χ2v) is 5.49. The summed E-state index contributed by atoms with van der Waals surface area (Å²) in [6.45, 7) is 5.85. The van der Waals surface area contributed by atoms with Crippen LogP contribution in [0.25, 0.3) is 0 Å². The molecule has 104 valence electrons. The third-order valence-electron chi connectivity index (χ3n) is 3.67. The number of aliphatic hydroxyl groups is 1. The van der Waals surface area contributed by atoms with Crippen molar-refractivity contribution in [2.45, 2.75) is 26.4 Å². The SMILES string of the molecule is Cc1cccc(NC(=O)CN2CCC(C)C(O)C2)c1. The molecular formula is C15H22N2O2. The predicted octanol–water partition coefficient (Wildman–Crippen LogP) is 1.64. The van der Waals surface area contributed by atoms with Gasteiger partial charge in [0.1, 0.15) is 0 Å². The molecule has 1 aliphatic rings. The smallest absolute Gasteiger partial charge is 0.238 e. The lowest BCUT2D eigenvalue weighted by atomic mass is 9.96. The van der Waals surface area contributed by atoms with Gasteiger partial charge in [-0.15, -0.1) is 0 Å². The number of β-amino-alcohol motifs (C(OH)–C–C–N with tert-alkyl or cyclic N) is 1. The van der Waals surface area contributed by atoms with E-state index in [-0.39, 0.29) is 12.0 Å². The van der Waals surface area contributed by atoms with Crippen molar-refractivity contribution in [2.75, 3.05) is 25.0 Å². The van der Waals surface area contributed by atoms with Gasteiger partial charge in [0.2, 0.25) is 5.91 Å². The van der Waals surface area contributed by atoms with Crippen LogP contribution in [0.3, 0.4) is 0 Å². The number of carbonyl (C=O) groups is 1. The number of likely N-dealkylation sites (tertiary alicyclic amines) is 1. The minimum atomic E-state index is -0.319. The number of amides is 1. The molecule has 4 nitrogen and oxygen atoms in total. The van der Waals surface area contributed by atoms with Crippen LogP contribution in [0.4, 0.5) is 5.69 Å². The van der Waals surface area contributed by atoms with E-state index >= 15 is 0 Å². The maximum atomic E-state index is 11.9. The average molecular weight is 262 g/mol. The molecule has 1 aromatic carbocycles. The fraction of sp³-hybridized carbons (Fsp3) is 0.533. The number of carbonyl (C=O) groups excluding carboxylic acids is 1. The van der Waals surface area contributed by atoms with E-state index in [4.69, 9.17) is 0 Å². The molecule has 1 saturated heterocycles. The van der Waals surface area contributed by atoms with E-state index < -0.39 is 0 Å². The number of aliphatic hydroxyl groups excluding tert-OH is 1. The van der Waals surface area contributed by atoms with E-state index in [1.165, 1.54) is 0 Å². The van der Waals surface area contributed by atoms with Crippen molar-refractivity contribution in [1.29, 1.82) is 0 Å². The Kier molecular flexibility index (Phi) is 4.56. The third kappa shape index (κ3) is 4.04. The van der Waals surface area contributed by atoms with E-state index in [1.807, 2.05) is 36.1 Å². The van der Waals surface area contributed by atoms with Gasteiger partial charge in [-0.2, -0.15) is 0 Å². The Morgan fingerprint density at radius 3 is 3.00 bits per heavy atom. The molecule has 0 aromatic heterocycles. The van der Waals surface area contributed by atoms with Gasteiger partial charge in [-0.25, -0.2) is 0 Å². The number of hydrogen-bond donors (Lipinski definition) is 2. The minimum absolute atomic E-state index is 0.0210. The average Bonchev–Trinajstić information content (AvgIpc) is 2.34. The molecule has 2 N–H and O–H groups in total. The van der Waals surface area contributed by atoms with Crippen LogP contribution in [0.1, 0.15) is 18.9 Å². The number of aryl methyl sites for hydroxylation is 1. The summed E-state index contributed by atoms with van der Waals surface area (Å²) < 4.78 is 0. The fourth-order valence-electron chi connectivity index (χ4n) is 2.38. The van der Waals surface area contributed by atoms with Crippen molar-refractivity contribution in [3.8, 4) is 0 Å². The summed E-state index contributed by atoms with van der Waals surface area (Å²) in [6.07, 6.45) is 0.624. The van der Waals surface area contributed by atoms with Crippen LogP contribution in [0.5, 0.6) is 0 Å². The number of piperidine rings is 1. The van der Waals surface area contributed by atoms with Crippen molar-refractivity contribution in [3.05, 3.63) is 29.8 Å². The van der Waals surface area contributed by atoms with Crippen LogP contribution in [-0.2, 0) is 4.79 Å². The largest absolute Gasteiger partial charge is 0.392 e. The van der Waals surface area contributed by atoms with E-state index in [0.29, 0.717) is 19.0 Å². The molecule has 1 amide bonds. The summed E-state index contributed by atoms with van der Waals surface area (Å²) in [5.41, 5.74) is 1.95. The topological polar surface area (TPSA) is 52.6 Å². The van der Waals surface area contributed by atoms with Gasteiger partial charge < -0.3 is 10.4 Å². The Morgan fingerprint density at radius 2 is 2.32 bits per heavy atom. The van der Waals surface area contributed by atoms with Crippen molar-refractivity contribution >= 4 is 11.6 Å². The van der Waals surface area contributed by atoms with Gasteiger partial charge in [-0.3, -0.25) is 9.69 Å². The molecule has 4 heteroatoms. The van der Waals surface area contributed by atoms with Crippen molar-refractivity contribution in [3.63, 3.8) is 0 Å². The second-order valence-electron chi connectivity index (χ2n) is 5.49. The highest BCUT2D eigenvalue weighted by Gasteiger charge is 2.25. The highest BCUT2D eigenvalue weighted by atomic mass is 16.3. The van der Waals surface area contributed by atoms with Gasteiger partial charge in [0, 0.05) is 12.2 Å². The molecule has 1 aliphatic heterocycles. The monoisotopic (exact) mass is 262 g/mol. The summed E-state index contributed by atoms with van der Waals surface area (Å²) in [5, 5.41) is 12.7. The first-order valence-corrected chi connectivity index (χ1v) is 6.81. The molecule has 2 atom stereocenters. The highest BCUT2D eigenvalue weighted by molar-refractivity contribution is 5.92. The molecule has 1 fully saturated rings. The van der Waals surface area contributed by atoms with E-state index in [2.05, 4.69) is 12.2 Å². The normalized spacial score (nSPS) is 24.2. The zero-order valence-electron chi connectivity index (χ0n) is 11.6. The van der Waals surface area contributed by atoms with Crippen LogP contribution in [0.15, 0.2) is 24.3 Å². The zero-order chi connectivity index (χ0) is 13.8. The lowest BCUT2D eigenvalue weighted by Crippen LogP contribution is -2.45. The lowest BCUT2D eigenvalue weighted by Gasteiger charge is -2.33. The Morgan fingerprint density at radius 1 is 1.53 bits per heavy atom. The Balaban J connectivity index is 1.85. The maximum absolute atomic E-state index is 11.9. The van der Waals surface area contributed by atoms with Crippen LogP contribution >= 0.6 is 0 Å². The Labute approximate surface area is 114 Å². The Hall–Kier alpha value is -1.39. The van der Waals surface area contributed by atoms with E-state index in [0.717, 1.165) is 24.2 Å². The summed E-state index contributed by atoms with van der Waals surface area (Å²) in [7, 11) is 0. The van der Waals surface area contributed by atoms with E-state index in [1.54, 1.807) is 0 Å². The molecule has 0 aliphatic carbocycles. The summed E-state index contributed by atoms with van der Waals surface area (Å²) >= 11 is 0. The van der Waals surface area contributed by atoms with Crippen molar-refractivity contribution in [2.24, 2.45) is 5.92 Å². The number of nitrogens with one attached hydrogen (secondary N) is 1.